The molecule has 1 fully saturated rings. The molecule has 1 saturated heterocycles. The first-order valence-electron chi connectivity index (χ1n) is 7.85. The van der Waals surface area contributed by atoms with Crippen molar-refractivity contribution in [2.24, 2.45) is 0 Å². The number of amides is 1. The number of nitrogens with one attached hydrogen (secondary N) is 1. The SMILES string of the molecule is COc1cccc([C@@H]2CCCN2C(=O)c2c[nH]c(C)c(Br)c2=O)c1. The van der Waals surface area contributed by atoms with Crippen LogP contribution in [0.25, 0.3) is 0 Å². The van der Waals surface area contributed by atoms with Crippen molar-refractivity contribution in [3.63, 3.8) is 0 Å². The quantitative estimate of drug-likeness (QED) is 0.872. The van der Waals surface area contributed by atoms with Crippen LogP contribution in [0.15, 0.2) is 39.7 Å². The Kier molecular flexibility index (Phi) is 4.76. The van der Waals surface area contributed by atoms with Crippen LogP contribution >= 0.6 is 15.9 Å². The second-order valence-electron chi connectivity index (χ2n) is 5.90. The third-order valence-electron chi connectivity index (χ3n) is 4.43. The first-order chi connectivity index (χ1) is 11.5. The van der Waals surface area contributed by atoms with Crippen molar-refractivity contribution in [2.45, 2.75) is 25.8 Å². The molecule has 1 aromatic heterocycles. The Morgan fingerprint density at radius 1 is 1.42 bits per heavy atom. The van der Waals surface area contributed by atoms with E-state index in [1.165, 1.54) is 6.20 Å². The Hall–Kier alpha value is -2.08. The van der Waals surface area contributed by atoms with Gasteiger partial charge in [-0.15, -0.1) is 0 Å². The summed E-state index contributed by atoms with van der Waals surface area (Å²) < 4.78 is 5.69. The number of benzene rings is 1. The van der Waals surface area contributed by atoms with E-state index in [4.69, 9.17) is 4.74 Å². The molecule has 3 rings (SSSR count). The predicted molar refractivity (Wildman–Crippen MR) is 95.5 cm³/mol. The highest BCUT2D eigenvalue weighted by Gasteiger charge is 2.32. The van der Waals surface area contributed by atoms with Crippen LogP contribution in [0, 0.1) is 6.92 Å². The van der Waals surface area contributed by atoms with Crippen LogP contribution in [-0.2, 0) is 0 Å². The molecule has 0 aliphatic carbocycles. The lowest BCUT2D eigenvalue weighted by Crippen LogP contribution is -2.34. The first kappa shape index (κ1) is 16.8. The summed E-state index contributed by atoms with van der Waals surface area (Å²) >= 11 is 3.25. The Morgan fingerprint density at radius 3 is 2.96 bits per heavy atom. The van der Waals surface area contributed by atoms with E-state index in [1.54, 1.807) is 18.9 Å². The zero-order valence-corrected chi connectivity index (χ0v) is 15.2. The molecule has 0 saturated carbocycles. The number of hydrogen-bond acceptors (Lipinski definition) is 3. The fourth-order valence-electron chi connectivity index (χ4n) is 3.12. The molecule has 5 nitrogen and oxygen atoms in total. The maximum absolute atomic E-state index is 12.9. The second-order valence-corrected chi connectivity index (χ2v) is 6.70. The number of pyridine rings is 1. The number of methoxy groups -OCH3 is 1. The Morgan fingerprint density at radius 2 is 2.21 bits per heavy atom. The molecule has 2 heterocycles. The summed E-state index contributed by atoms with van der Waals surface area (Å²) in [6.07, 6.45) is 3.30. The Labute approximate surface area is 148 Å². The van der Waals surface area contributed by atoms with Gasteiger partial charge in [-0.2, -0.15) is 0 Å². The normalized spacial score (nSPS) is 17.1. The monoisotopic (exact) mass is 390 g/mol. The number of aryl methyl sites for hydroxylation is 1. The largest absolute Gasteiger partial charge is 0.497 e. The Bertz CT molecular complexity index is 831. The number of likely N-dealkylation sites (tertiary alicyclic amines) is 1. The molecule has 24 heavy (non-hydrogen) atoms. The van der Waals surface area contributed by atoms with Gasteiger partial charge in [0.1, 0.15) is 11.3 Å². The molecule has 0 spiro atoms. The number of aromatic amines is 1. The summed E-state index contributed by atoms with van der Waals surface area (Å²) in [4.78, 5) is 30.1. The fourth-order valence-corrected chi connectivity index (χ4v) is 3.44. The maximum Gasteiger partial charge on any atom is 0.259 e. The smallest absolute Gasteiger partial charge is 0.259 e. The predicted octanol–water partition coefficient (Wildman–Crippen LogP) is 3.43. The highest BCUT2D eigenvalue weighted by Crippen LogP contribution is 2.34. The number of halogens is 1. The molecule has 1 aliphatic rings. The summed E-state index contributed by atoms with van der Waals surface area (Å²) in [5, 5.41) is 0. The zero-order chi connectivity index (χ0) is 17.3. The van der Waals surface area contributed by atoms with Gasteiger partial charge in [0.25, 0.3) is 5.91 Å². The second kappa shape index (κ2) is 6.81. The van der Waals surface area contributed by atoms with Crippen molar-refractivity contribution in [3.05, 3.63) is 62.0 Å². The number of rotatable bonds is 3. The molecule has 1 amide bonds. The number of carbonyl (C=O) groups is 1. The van der Waals surface area contributed by atoms with Gasteiger partial charge in [0.2, 0.25) is 5.43 Å². The molecular weight excluding hydrogens is 372 g/mol. The first-order valence-corrected chi connectivity index (χ1v) is 8.65. The standard InChI is InChI=1S/C18H19BrN2O3/c1-11-16(19)17(22)14(10-20-11)18(23)21-8-4-7-15(21)12-5-3-6-13(9-12)24-2/h3,5-6,9-10,15H,4,7-8H2,1-2H3,(H,20,22)/t15-/m0/s1. The van der Waals surface area contributed by atoms with Crippen LogP contribution in [0.3, 0.4) is 0 Å². The molecule has 1 aliphatic heterocycles. The van der Waals surface area contributed by atoms with E-state index >= 15 is 0 Å². The minimum atomic E-state index is -0.271. The lowest BCUT2D eigenvalue weighted by atomic mass is 10.0. The van der Waals surface area contributed by atoms with Crippen LogP contribution in [-0.4, -0.2) is 29.4 Å². The molecule has 0 unspecified atom stereocenters. The van der Waals surface area contributed by atoms with Gasteiger partial charge in [0.15, 0.2) is 0 Å². The molecule has 1 atom stereocenters. The van der Waals surface area contributed by atoms with E-state index in [9.17, 15) is 9.59 Å². The number of H-pyrrole nitrogens is 1. The van der Waals surface area contributed by atoms with Gasteiger partial charge in [0.05, 0.1) is 17.6 Å². The van der Waals surface area contributed by atoms with Crippen LogP contribution in [0.5, 0.6) is 5.75 Å². The number of nitrogens with zero attached hydrogens (tertiary/aromatic N) is 1. The average Bonchev–Trinajstić information content (AvgIpc) is 3.09. The number of ether oxygens (including phenoxy) is 1. The molecular formula is C18H19BrN2O3. The third kappa shape index (κ3) is 2.98. The maximum atomic E-state index is 12.9. The molecule has 6 heteroatoms. The topological polar surface area (TPSA) is 62.4 Å². The van der Waals surface area contributed by atoms with E-state index < -0.39 is 0 Å². The van der Waals surface area contributed by atoms with Gasteiger partial charge < -0.3 is 14.6 Å². The van der Waals surface area contributed by atoms with E-state index in [0.717, 1.165) is 24.2 Å². The number of aromatic nitrogens is 1. The van der Waals surface area contributed by atoms with Gasteiger partial charge in [-0.3, -0.25) is 9.59 Å². The molecule has 2 aromatic rings. The fraction of sp³-hybridized carbons (Fsp3) is 0.333. The van der Waals surface area contributed by atoms with Gasteiger partial charge in [-0.1, -0.05) is 12.1 Å². The van der Waals surface area contributed by atoms with Gasteiger partial charge in [-0.25, -0.2) is 0 Å². The summed E-state index contributed by atoms with van der Waals surface area (Å²) in [6.45, 7) is 2.43. The van der Waals surface area contributed by atoms with Crippen LogP contribution in [0.2, 0.25) is 0 Å². The van der Waals surface area contributed by atoms with Crippen molar-refractivity contribution in [1.29, 1.82) is 0 Å². The Balaban J connectivity index is 1.94. The van der Waals surface area contributed by atoms with Gasteiger partial charge in [-0.05, 0) is 53.4 Å². The summed E-state index contributed by atoms with van der Waals surface area (Å²) in [7, 11) is 1.63. The number of hydrogen-bond donors (Lipinski definition) is 1. The minimum Gasteiger partial charge on any atom is -0.497 e. The van der Waals surface area contributed by atoms with Gasteiger partial charge in [0, 0.05) is 18.4 Å². The molecule has 0 bridgehead atoms. The van der Waals surface area contributed by atoms with E-state index in [-0.39, 0.29) is 22.9 Å². The lowest BCUT2D eigenvalue weighted by molar-refractivity contribution is 0.0733. The van der Waals surface area contributed by atoms with Crippen LogP contribution in [0.1, 0.15) is 40.5 Å². The van der Waals surface area contributed by atoms with Crippen LogP contribution in [0.4, 0.5) is 0 Å². The highest BCUT2D eigenvalue weighted by atomic mass is 79.9. The van der Waals surface area contributed by atoms with Crippen molar-refractivity contribution < 1.29 is 9.53 Å². The molecule has 1 aromatic carbocycles. The summed E-state index contributed by atoms with van der Waals surface area (Å²) in [5.74, 6) is 0.532. The average molecular weight is 391 g/mol. The van der Waals surface area contributed by atoms with E-state index in [0.29, 0.717) is 16.7 Å². The van der Waals surface area contributed by atoms with E-state index in [1.807, 2.05) is 24.3 Å². The lowest BCUT2D eigenvalue weighted by Gasteiger charge is -2.25. The molecule has 0 radical (unpaired) electrons. The third-order valence-corrected chi connectivity index (χ3v) is 5.38. The van der Waals surface area contributed by atoms with E-state index in [2.05, 4.69) is 20.9 Å². The number of carbonyl (C=O) groups excluding carboxylic acids is 1. The van der Waals surface area contributed by atoms with Crippen molar-refractivity contribution in [3.8, 4) is 5.75 Å². The highest BCUT2D eigenvalue weighted by molar-refractivity contribution is 9.10. The summed E-state index contributed by atoms with van der Waals surface area (Å²) in [5.41, 5.74) is 1.64. The van der Waals surface area contributed by atoms with Gasteiger partial charge >= 0.3 is 0 Å². The van der Waals surface area contributed by atoms with Crippen LogP contribution < -0.4 is 10.2 Å². The molecule has 126 valence electrons. The van der Waals surface area contributed by atoms with Crippen molar-refractivity contribution in [1.82, 2.24) is 9.88 Å². The van der Waals surface area contributed by atoms with Crippen molar-refractivity contribution >= 4 is 21.8 Å². The van der Waals surface area contributed by atoms with Crippen molar-refractivity contribution in [2.75, 3.05) is 13.7 Å². The summed E-state index contributed by atoms with van der Waals surface area (Å²) in [6, 6.07) is 7.71. The minimum absolute atomic E-state index is 0.0351. The molecule has 1 N–H and O–H groups in total. The zero-order valence-electron chi connectivity index (χ0n) is 13.6.